The maximum atomic E-state index is 5.08. The van der Waals surface area contributed by atoms with Gasteiger partial charge in [0.15, 0.2) is 0 Å². The molecule has 2 saturated carbocycles. The van der Waals surface area contributed by atoms with Crippen LogP contribution in [-0.2, 0) is 0 Å². The summed E-state index contributed by atoms with van der Waals surface area (Å²) in [5.74, 6) is 0. The van der Waals surface area contributed by atoms with E-state index in [0.29, 0.717) is 24.2 Å². The molecule has 1 heterocycles. The Kier molecular flexibility index (Phi) is 8.08. The summed E-state index contributed by atoms with van der Waals surface area (Å²) in [5, 5.41) is 11.4. The second-order valence-corrected chi connectivity index (χ2v) is 8.48. The Labute approximate surface area is 159 Å². The zero-order valence-corrected chi connectivity index (χ0v) is 16.9. The van der Waals surface area contributed by atoms with Crippen LogP contribution in [0.2, 0.25) is 0 Å². The molecule has 148 valence electrons. The van der Waals surface area contributed by atoms with Gasteiger partial charge < -0.3 is 16.0 Å². The van der Waals surface area contributed by atoms with Crippen LogP contribution in [0.1, 0.15) is 71.6 Å². The minimum Gasteiger partial charge on any atom is -0.311 e. The van der Waals surface area contributed by atoms with Crippen LogP contribution in [0.15, 0.2) is 9.98 Å². The third-order valence-electron chi connectivity index (χ3n) is 6.23. The Morgan fingerprint density at radius 2 is 1.27 bits per heavy atom. The Morgan fingerprint density at radius 1 is 0.692 bits per heavy atom. The van der Waals surface area contributed by atoms with Crippen molar-refractivity contribution in [2.75, 3.05) is 26.2 Å². The molecule has 5 nitrogen and oxygen atoms in total. The van der Waals surface area contributed by atoms with Gasteiger partial charge in [-0.15, -0.1) is 0 Å². The summed E-state index contributed by atoms with van der Waals surface area (Å²) in [7, 11) is 0. The van der Waals surface area contributed by atoms with Gasteiger partial charge in [0.05, 0.1) is 12.6 Å². The molecule has 2 aliphatic carbocycles. The van der Waals surface area contributed by atoms with E-state index in [2.05, 4.69) is 29.8 Å². The molecule has 0 saturated heterocycles. The zero-order chi connectivity index (χ0) is 18.2. The van der Waals surface area contributed by atoms with E-state index in [1.807, 2.05) is 0 Å². The number of fused-ring (bicyclic) bond motifs is 2. The predicted molar refractivity (Wildman–Crippen MR) is 112 cm³/mol. The number of aliphatic imine (C=N–C) groups is 2. The first-order valence-corrected chi connectivity index (χ1v) is 11.0. The molecule has 0 unspecified atom stereocenters. The van der Waals surface area contributed by atoms with Crippen molar-refractivity contribution in [2.24, 2.45) is 9.98 Å². The van der Waals surface area contributed by atoms with Crippen molar-refractivity contribution in [3.63, 3.8) is 0 Å². The van der Waals surface area contributed by atoms with Gasteiger partial charge in [-0.1, -0.05) is 25.7 Å². The highest BCUT2D eigenvalue weighted by Gasteiger charge is 2.26. The minimum absolute atomic E-state index is 0.452. The van der Waals surface area contributed by atoms with E-state index in [0.717, 1.165) is 32.6 Å². The molecule has 0 aromatic heterocycles. The lowest BCUT2D eigenvalue weighted by Crippen LogP contribution is -2.52. The monoisotopic (exact) mass is 361 g/mol. The highest BCUT2D eigenvalue weighted by molar-refractivity contribution is 6.02. The Balaban J connectivity index is 1.66. The molecular formula is C21H39N5. The highest BCUT2D eigenvalue weighted by atomic mass is 15.1. The van der Waals surface area contributed by atoms with Crippen molar-refractivity contribution in [3.05, 3.63) is 0 Å². The second-order valence-electron chi connectivity index (χ2n) is 8.48. The molecule has 0 radical (unpaired) electrons. The van der Waals surface area contributed by atoms with Crippen molar-refractivity contribution in [1.82, 2.24) is 16.0 Å². The normalized spacial score (nSPS) is 35.6. The molecule has 4 atom stereocenters. The fourth-order valence-corrected chi connectivity index (χ4v) is 4.89. The van der Waals surface area contributed by atoms with Crippen molar-refractivity contribution in [1.29, 1.82) is 0 Å². The molecule has 3 aliphatic rings. The third kappa shape index (κ3) is 6.14. The Hall–Kier alpha value is -0.780. The minimum atomic E-state index is 0.452. The van der Waals surface area contributed by atoms with E-state index in [1.165, 1.54) is 62.8 Å². The zero-order valence-electron chi connectivity index (χ0n) is 16.9. The average Bonchev–Trinajstić information content (AvgIpc) is 2.63. The highest BCUT2D eigenvalue weighted by Crippen LogP contribution is 2.22. The molecule has 0 aromatic carbocycles. The Bertz CT molecular complexity index is 487. The number of hydrogen-bond acceptors (Lipinski definition) is 5. The van der Waals surface area contributed by atoms with E-state index in [1.54, 1.807) is 0 Å². The molecule has 3 rings (SSSR count). The van der Waals surface area contributed by atoms with E-state index < -0.39 is 0 Å². The summed E-state index contributed by atoms with van der Waals surface area (Å²) in [6, 6.07) is 2.23. The van der Waals surface area contributed by atoms with Crippen LogP contribution in [0.4, 0.5) is 0 Å². The quantitative estimate of drug-likeness (QED) is 0.622. The molecule has 3 N–H and O–H groups in total. The lowest BCUT2D eigenvalue weighted by molar-refractivity contribution is 0.279. The smallest absolute Gasteiger partial charge is 0.0651 e. The lowest BCUT2D eigenvalue weighted by Gasteiger charge is -2.34. The molecular weight excluding hydrogens is 322 g/mol. The molecule has 5 heteroatoms. The van der Waals surface area contributed by atoms with Gasteiger partial charge in [0.25, 0.3) is 0 Å². The number of hydrogen-bond donors (Lipinski definition) is 3. The van der Waals surface area contributed by atoms with Crippen LogP contribution in [0.5, 0.6) is 0 Å². The molecule has 1 aliphatic heterocycles. The van der Waals surface area contributed by atoms with Crippen LogP contribution in [0.3, 0.4) is 0 Å². The summed E-state index contributed by atoms with van der Waals surface area (Å²) in [4.78, 5) is 9.86. The van der Waals surface area contributed by atoms with Gasteiger partial charge in [-0.2, -0.15) is 0 Å². The van der Waals surface area contributed by atoms with E-state index in [-0.39, 0.29) is 0 Å². The fraction of sp³-hybridized carbons (Fsp3) is 0.905. The molecule has 0 aromatic rings. The topological polar surface area (TPSA) is 60.8 Å². The van der Waals surface area contributed by atoms with Crippen LogP contribution in [0.25, 0.3) is 0 Å². The van der Waals surface area contributed by atoms with Gasteiger partial charge in [-0.25, -0.2) is 0 Å². The molecule has 0 bridgehead atoms. The predicted octanol–water partition coefficient (Wildman–Crippen LogP) is 2.70. The first kappa shape index (κ1) is 20.0. The second kappa shape index (κ2) is 10.5. The summed E-state index contributed by atoms with van der Waals surface area (Å²) in [5.41, 5.74) is 2.47. The van der Waals surface area contributed by atoms with E-state index in [9.17, 15) is 0 Å². The molecule has 0 amide bonds. The molecule has 26 heavy (non-hydrogen) atoms. The van der Waals surface area contributed by atoms with Crippen LogP contribution < -0.4 is 16.0 Å². The van der Waals surface area contributed by atoms with Crippen molar-refractivity contribution < 1.29 is 0 Å². The summed E-state index contributed by atoms with van der Waals surface area (Å²) >= 11 is 0. The molecule has 2 fully saturated rings. The van der Waals surface area contributed by atoms with Gasteiger partial charge in [-0.05, 0) is 39.5 Å². The third-order valence-corrected chi connectivity index (χ3v) is 6.23. The maximum Gasteiger partial charge on any atom is 0.0651 e. The van der Waals surface area contributed by atoms with Crippen LogP contribution in [0, 0.1) is 0 Å². The van der Waals surface area contributed by atoms with Gasteiger partial charge in [0.2, 0.25) is 0 Å². The standard InChI is InChI=1S/C21H39N5/c1-16-15-17(2)26-21-10-6-5-9-20(21)25-14-13-24-19-8-4-3-7-18(19)23-12-11-22-16/h18-21,23-25H,3-15H2,1-2H3/t18-,19-,20-,21-/m1/s1. The first-order chi connectivity index (χ1) is 12.7. The average molecular weight is 362 g/mol. The number of nitrogens with zero attached hydrogens (tertiary/aromatic N) is 2. The maximum absolute atomic E-state index is 5.08. The van der Waals surface area contributed by atoms with Gasteiger partial charge in [0, 0.05) is 55.6 Å². The number of nitrogens with one attached hydrogen (secondary N) is 3. The molecule has 0 spiro atoms. The summed E-state index contributed by atoms with van der Waals surface area (Å²) in [6.07, 6.45) is 11.4. The van der Waals surface area contributed by atoms with Crippen molar-refractivity contribution >= 4 is 11.4 Å². The van der Waals surface area contributed by atoms with Crippen molar-refractivity contribution in [2.45, 2.75) is 95.8 Å². The number of rotatable bonds is 0. The summed E-state index contributed by atoms with van der Waals surface area (Å²) in [6.45, 7) is 8.32. The van der Waals surface area contributed by atoms with E-state index in [4.69, 9.17) is 9.98 Å². The fourth-order valence-electron chi connectivity index (χ4n) is 4.89. The largest absolute Gasteiger partial charge is 0.311 e. The first-order valence-electron chi connectivity index (χ1n) is 11.0. The van der Waals surface area contributed by atoms with Crippen molar-refractivity contribution in [3.8, 4) is 0 Å². The lowest BCUT2D eigenvalue weighted by atomic mass is 9.90. The van der Waals surface area contributed by atoms with Crippen LogP contribution in [-0.4, -0.2) is 61.8 Å². The van der Waals surface area contributed by atoms with E-state index >= 15 is 0 Å². The van der Waals surface area contributed by atoms with Gasteiger partial charge in [0.1, 0.15) is 0 Å². The van der Waals surface area contributed by atoms with Crippen LogP contribution >= 0.6 is 0 Å². The summed E-state index contributed by atoms with van der Waals surface area (Å²) < 4.78 is 0. The Morgan fingerprint density at radius 3 is 2.00 bits per heavy atom. The SMILES string of the molecule is CC1=NCCN[C@@H]2CCCC[C@H]2NCCN[C@@H]2CCCC[C@H]2N=C(C)C1. The van der Waals surface area contributed by atoms with Gasteiger partial charge in [-0.3, -0.25) is 9.98 Å². The van der Waals surface area contributed by atoms with Gasteiger partial charge >= 0.3 is 0 Å².